The summed E-state index contributed by atoms with van der Waals surface area (Å²) in [6.07, 6.45) is 7.52. The predicted octanol–water partition coefficient (Wildman–Crippen LogP) is 4.41. The fourth-order valence-electron chi connectivity index (χ4n) is 2.48. The number of hydrogen-bond acceptors (Lipinski definition) is 5. The van der Waals surface area contributed by atoms with E-state index in [0.717, 1.165) is 51.4 Å². The quantitative estimate of drug-likeness (QED) is 0.335. The van der Waals surface area contributed by atoms with Crippen LogP contribution >= 0.6 is 0 Å². The summed E-state index contributed by atoms with van der Waals surface area (Å²) in [6.45, 7) is 9.83. The Morgan fingerprint density at radius 2 is 1.04 bits per heavy atom. The van der Waals surface area contributed by atoms with Crippen LogP contribution in [0.2, 0.25) is 0 Å². The molecule has 2 unspecified atom stereocenters. The van der Waals surface area contributed by atoms with Gasteiger partial charge in [-0.15, -0.1) is 0 Å². The molecule has 0 spiro atoms. The van der Waals surface area contributed by atoms with Crippen LogP contribution in [0.5, 0.6) is 0 Å². The zero-order valence-electron chi connectivity index (χ0n) is 16.2. The van der Waals surface area contributed by atoms with Crippen LogP contribution < -0.4 is 5.32 Å². The van der Waals surface area contributed by atoms with Gasteiger partial charge in [0, 0.05) is 27.1 Å². The van der Waals surface area contributed by atoms with E-state index < -0.39 is 11.8 Å². The molecule has 0 amide bonds. The number of unbranched alkanes of at least 4 members (excludes halogenated alkanes) is 2. The first kappa shape index (κ1) is 22.8. The van der Waals surface area contributed by atoms with Crippen molar-refractivity contribution in [3.8, 4) is 0 Å². The van der Waals surface area contributed by atoms with E-state index in [2.05, 4.69) is 33.0 Å². The van der Waals surface area contributed by atoms with Gasteiger partial charge in [0.2, 0.25) is 11.8 Å². The smallest absolute Gasteiger partial charge is 0.231 e. The van der Waals surface area contributed by atoms with Crippen LogP contribution in [0.25, 0.3) is 0 Å². The fourth-order valence-corrected chi connectivity index (χ4v) is 2.48. The monoisotopic (exact) mass is 333 g/mol. The van der Waals surface area contributed by atoms with Gasteiger partial charge in [-0.05, 0) is 25.7 Å². The highest BCUT2D eigenvalue weighted by Crippen LogP contribution is 2.26. The van der Waals surface area contributed by atoms with Gasteiger partial charge in [0.1, 0.15) is 0 Å². The van der Waals surface area contributed by atoms with Gasteiger partial charge in [0.05, 0.1) is 13.2 Å². The molecular weight excluding hydrogens is 294 g/mol. The normalized spacial score (nSPS) is 17.0. The molecule has 0 aliphatic carbocycles. The lowest BCUT2D eigenvalue weighted by atomic mass is 10.2. The summed E-state index contributed by atoms with van der Waals surface area (Å²) < 4.78 is 23.6. The van der Waals surface area contributed by atoms with Gasteiger partial charge in [-0.1, -0.05) is 40.5 Å². The van der Waals surface area contributed by atoms with Crippen molar-refractivity contribution < 1.29 is 18.9 Å². The molecule has 5 nitrogen and oxygen atoms in total. The third kappa shape index (κ3) is 8.45. The van der Waals surface area contributed by atoms with E-state index in [9.17, 15) is 0 Å². The van der Waals surface area contributed by atoms with Crippen LogP contribution in [0.15, 0.2) is 0 Å². The van der Waals surface area contributed by atoms with E-state index in [0.29, 0.717) is 13.2 Å². The Kier molecular flexibility index (Phi) is 13.0. The lowest BCUT2D eigenvalue weighted by Gasteiger charge is -2.42. The second-order valence-electron chi connectivity index (χ2n) is 5.94. The molecule has 0 aromatic heterocycles. The van der Waals surface area contributed by atoms with Gasteiger partial charge >= 0.3 is 0 Å². The molecule has 0 radical (unpaired) electrons. The highest BCUT2D eigenvalue weighted by molar-refractivity contribution is 4.76. The average Bonchev–Trinajstić information content (AvgIpc) is 2.55. The fraction of sp³-hybridized carbons (Fsp3) is 1.00. The van der Waals surface area contributed by atoms with E-state index in [1.54, 1.807) is 14.2 Å². The first-order valence-corrected chi connectivity index (χ1v) is 9.25. The van der Waals surface area contributed by atoms with Crippen molar-refractivity contribution in [3.05, 3.63) is 0 Å². The second kappa shape index (κ2) is 13.1. The van der Waals surface area contributed by atoms with Gasteiger partial charge in [-0.25, -0.2) is 5.32 Å². The van der Waals surface area contributed by atoms with E-state index in [4.69, 9.17) is 18.9 Å². The van der Waals surface area contributed by atoms with Crippen LogP contribution in [0.1, 0.15) is 79.1 Å². The van der Waals surface area contributed by atoms with E-state index >= 15 is 0 Å². The van der Waals surface area contributed by atoms with Crippen LogP contribution in [0, 0.1) is 0 Å². The summed E-state index contributed by atoms with van der Waals surface area (Å²) in [4.78, 5) is 0. The van der Waals surface area contributed by atoms with Gasteiger partial charge in [-0.2, -0.15) is 0 Å². The van der Waals surface area contributed by atoms with Gasteiger partial charge in [-0.3, -0.25) is 0 Å². The largest absolute Gasteiger partial charge is 0.341 e. The highest BCUT2D eigenvalue weighted by Gasteiger charge is 2.42. The third-order valence-corrected chi connectivity index (χ3v) is 3.86. The number of nitrogens with one attached hydrogen (secondary N) is 1. The Balaban J connectivity index is 5.12. The topological polar surface area (TPSA) is 49.0 Å². The van der Waals surface area contributed by atoms with E-state index in [1.807, 2.05) is 0 Å². The van der Waals surface area contributed by atoms with Crippen molar-refractivity contribution in [1.82, 2.24) is 5.32 Å². The van der Waals surface area contributed by atoms with Crippen LogP contribution in [-0.4, -0.2) is 39.3 Å². The minimum atomic E-state index is -0.874. The summed E-state index contributed by atoms with van der Waals surface area (Å²) >= 11 is 0. The van der Waals surface area contributed by atoms with Crippen LogP contribution in [0.3, 0.4) is 0 Å². The molecule has 0 bridgehead atoms. The highest BCUT2D eigenvalue weighted by atomic mass is 16.8. The maximum Gasteiger partial charge on any atom is 0.231 e. The summed E-state index contributed by atoms with van der Waals surface area (Å²) in [6, 6.07) is 0. The summed E-state index contributed by atoms with van der Waals surface area (Å²) in [5.74, 6) is -1.75. The Morgan fingerprint density at radius 3 is 1.30 bits per heavy atom. The Hall–Kier alpha value is -0.200. The molecule has 0 aliphatic rings. The van der Waals surface area contributed by atoms with Crippen molar-refractivity contribution in [1.29, 1.82) is 0 Å². The first-order chi connectivity index (χ1) is 11.1. The molecule has 0 saturated heterocycles. The van der Waals surface area contributed by atoms with Crippen molar-refractivity contribution in [3.63, 3.8) is 0 Å². The Morgan fingerprint density at radius 1 is 0.652 bits per heavy atom. The molecule has 5 heteroatoms. The maximum atomic E-state index is 6.08. The Labute approximate surface area is 143 Å². The summed E-state index contributed by atoms with van der Waals surface area (Å²) in [7, 11) is 3.35. The number of methoxy groups -OCH3 is 2. The molecule has 1 N–H and O–H groups in total. The van der Waals surface area contributed by atoms with Crippen LogP contribution in [-0.2, 0) is 18.9 Å². The standard InChI is InChI=1S/C18H39NO4/c1-7-11-15-22-17(20-5,13-9-3)19-18(21-6,14-10-4)23-16-12-8-2/h19H,7-16H2,1-6H3. The summed E-state index contributed by atoms with van der Waals surface area (Å²) in [5.41, 5.74) is 0. The molecule has 0 aromatic rings. The number of ether oxygens (including phenoxy) is 4. The second-order valence-corrected chi connectivity index (χ2v) is 5.94. The van der Waals surface area contributed by atoms with Gasteiger partial charge < -0.3 is 18.9 Å². The minimum Gasteiger partial charge on any atom is -0.341 e. The predicted molar refractivity (Wildman–Crippen MR) is 94.2 cm³/mol. The molecule has 23 heavy (non-hydrogen) atoms. The van der Waals surface area contributed by atoms with Gasteiger partial charge in [0.25, 0.3) is 0 Å². The zero-order valence-corrected chi connectivity index (χ0v) is 16.2. The number of rotatable bonds is 16. The van der Waals surface area contributed by atoms with Crippen molar-refractivity contribution in [2.45, 2.75) is 90.9 Å². The first-order valence-electron chi connectivity index (χ1n) is 9.25. The zero-order chi connectivity index (χ0) is 17.6. The van der Waals surface area contributed by atoms with E-state index in [1.165, 1.54) is 0 Å². The molecular formula is C18H39NO4. The molecule has 2 atom stereocenters. The lowest BCUT2D eigenvalue weighted by molar-refractivity contribution is -0.336. The number of hydrogen-bond donors (Lipinski definition) is 1. The summed E-state index contributed by atoms with van der Waals surface area (Å²) in [5, 5.41) is 3.41. The van der Waals surface area contributed by atoms with Gasteiger partial charge in [0.15, 0.2) is 0 Å². The molecule has 0 rings (SSSR count). The molecule has 0 heterocycles. The molecule has 0 aromatic carbocycles. The van der Waals surface area contributed by atoms with E-state index in [-0.39, 0.29) is 0 Å². The Bertz CT molecular complexity index is 252. The molecule has 140 valence electrons. The van der Waals surface area contributed by atoms with Crippen molar-refractivity contribution in [2.24, 2.45) is 0 Å². The lowest BCUT2D eigenvalue weighted by Crippen LogP contribution is -2.62. The van der Waals surface area contributed by atoms with Crippen molar-refractivity contribution >= 4 is 0 Å². The SMILES string of the molecule is CCCCOC(CCC)(NC(CCC)(OC)OCCCC)OC. The van der Waals surface area contributed by atoms with Crippen molar-refractivity contribution in [2.75, 3.05) is 27.4 Å². The average molecular weight is 334 g/mol. The molecule has 0 saturated carbocycles. The van der Waals surface area contributed by atoms with Crippen LogP contribution in [0.4, 0.5) is 0 Å². The minimum absolute atomic E-state index is 0.651. The molecule has 0 aliphatic heterocycles. The third-order valence-electron chi connectivity index (χ3n) is 3.86. The maximum absolute atomic E-state index is 6.08. The molecule has 0 fully saturated rings.